The zero-order valence-electron chi connectivity index (χ0n) is 8.17. The standard InChI is InChI=1S/C9H12IN3O/c1-6(14)8-9(12-5-10(8)3)13-7(2)11-4/h5,12H,3-4H2,1-2H3. The van der Waals surface area contributed by atoms with Crippen LogP contribution >= 0.6 is 18.9 Å². The molecular formula is C9H12IN3O. The smallest absolute Gasteiger partial charge is 0.168 e. The number of allylic oxidation sites excluding steroid dienone is 1. The van der Waals surface area contributed by atoms with Gasteiger partial charge in [0.05, 0.1) is 3.58 Å². The molecule has 14 heavy (non-hydrogen) atoms. The van der Waals surface area contributed by atoms with Crippen LogP contribution in [0, 0.1) is 0 Å². The van der Waals surface area contributed by atoms with Crippen molar-refractivity contribution in [1.29, 1.82) is 0 Å². The van der Waals surface area contributed by atoms with E-state index in [-0.39, 0.29) is 5.78 Å². The molecule has 76 valence electrons. The van der Waals surface area contributed by atoms with Gasteiger partial charge in [-0.1, -0.05) is 23.4 Å². The van der Waals surface area contributed by atoms with Gasteiger partial charge in [-0.25, -0.2) is 9.98 Å². The van der Waals surface area contributed by atoms with E-state index in [1.54, 1.807) is 6.92 Å². The molecule has 0 fully saturated rings. The molecule has 0 radical (unpaired) electrons. The Morgan fingerprint density at radius 1 is 1.57 bits per heavy atom. The quantitative estimate of drug-likeness (QED) is 0.473. The maximum absolute atomic E-state index is 11.3. The van der Waals surface area contributed by atoms with Crippen LogP contribution in [0.1, 0.15) is 13.8 Å². The fourth-order valence-electron chi connectivity index (χ4n) is 0.967. The number of nitrogens with zero attached hydrogens (tertiary/aromatic N) is 2. The molecule has 1 aliphatic rings. The molecule has 5 heteroatoms. The Morgan fingerprint density at radius 2 is 2.21 bits per heavy atom. The molecule has 1 aliphatic heterocycles. The zero-order valence-corrected chi connectivity index (χ0v) is 10.3. The summed E-state index contributed by atoms with van der Waals surface area (Å²) in [6, 6.07) is 0. The topological polar surface area (TPSA) is 53.8 Å². The van der Waals surface area contributed by atoms with Crippen LogP contribution < -0.4 is 5.32 Å². The summed E-state index contributed by atoms with van der Waals surface area (Å²) in [6.07, 6.45) is 0. The number of hydrogen-bond acceptors (Lipinski definition) is 3. The zero-order chi connectivity index (χ0) is 10.7. The molecule has 0 aromatic heterocycles. The van der Waals surface area contributed by atoms with Gasteiger partial charge in [-0.2, -0.15) is 0 Å². The van der Waals surface area contributed by atoms with Gasteiger partial charge in [-0.15, -0.1) is 0 Å². The molecule has 0 aromatic rings. The van der Waals surface area contributed by atoms with Gasteiger partial charge in [0.15, 0.2) is 5.78 Å². The molecule has 0 bridgehead atoms. The number of hydrogen-bond donors (Lipinski definition) is 1. The van der Waals surface area contributed by atoms with Crippen molar-refractivity contribution in [3.63, 3.8) is 0 Å². The van der Waals surface area contributed by atoms with Gasteiger partial charge in [-0.3, -0.25) is 4.79 Å². The highest BCUT2D eigenvalue weighted by Crippen LogP contribution is 2.29. The van der Waals surface area contributed by atoms with Crippen molar-refractivity contribution in [2.75, 3.05) is 0 Å². The second-order valence-corrected chi connectivity index (χ2v) is 6.65. The van der Waals surface area contributed by atoms with E-state index in [1.165, 1.54) is 6.92 Å². The minimum absolute atomic E-state index is 0.0436. The normalized spacial score (nSPS) is 17.7. The van der Waals surface area contributed by atoms with Gasteiger partial charge < -0.3 is 5.32 Å². The minimum Gasteiger partial charge on any atom is -0.341 e. The Hall–Kier alpha value is -0.980. The predicted octanol–water partition coefficient (Wildman–Crippen LogP) is 1.16. The van der Waals surface area contributed by atoms with Crippen molar-refractivity contribution in [2.24, 2.45) is 9.98 Å². The molecule has 0 aromatic carbocycles. The average Bonchev–Trinajstić information content (AvgIpc) is 2.46. The van der Waals surface area contributed by atoms with E-state index in [1.807, 2.05) is 4.14 Å². The summed E-state index contributed by atoms with van der Waals surface area (Å²) in [4.78, 5) is 19.1. The molecule has 0 saturated carbocycles. The maximum Gasteiger partial charge on any atom is 0.168 e. The lowest BCUT2D eigenvalue weighted by Crippen LogP contribution is -2.07. The lowest BCUT2D eigenvalue weighted by atomic mass is 10.4. The summed E-state index contributed by atoms with van der Waals surface area (Å²) in [5.41, 5.74) is 0. The number of halogens is 1. The Balaban J connectivity index is 3.17. The number of rotatable bonds is 2. The number of carbonyl (C=O) groups is 1. The predicted molar refractivity (Wildman–Crippen MR) is 70.7 cm³/mol. The molecule has 0 amide bonds. The molecule has 0 atom stereocenters. The second kappa shape index (κ2) is 4.50. The van der Waals surface area contributed by atoms with Crippen molar-refractivity contribution in [3.05, 3.63) is 9.40 Å². The van der Waals surface area contributed by atoms with Crippen LogP contribution in [0.3, 0.4) is 0 Å². The van der Waals surface area contributed by atoms with Gasteiger partial charge in [-0.05, 0) is 20.6 Å². The van der Waals surface area contributed by atoms with E-state index >= 15 is 0 Å². The fraction of sp³-hybridized carbons (Fsp3) is 0.222. The second-order valence-electron chi connectivity index (χ2n) is 2.69. The van der Waals surface area contributed by atoms with E-state index in [9.17, 15) is 4.79 Å². The summed E-state index contributed by atoms with van der Waals surface area (Å²) < 4.78 is 6.60. The summed E-state index contributed by atoms with van der Waals surface area (Å²) >= 11 is -1.64. The molecule has 0 aliphatic carbocycles. The van der Waals surface area contributed by atoms with E-state index in [4.69, 9.17) is 0 Å². The van der Waals surface area contributed by atoms with Crippen LogP contribution in [0.5, 0.6) is 0 Å². The summed E-state index contributed by atoms with van der Waals surface area (Å²) in [5, 5.41) is 2.97. The van der Waals surface area contributed by atoms with Crippen molar-refractivity contribution in [1.82, 2.24) is 5.32 Å². The lowest BCUT2D eigenvalue weighted by Gasteiger charge is -1.99. The first-order valence-electron chi connectivity index (χ1n) is 3.90. The van der Waals surface area contributed by atoms with Crippen molar-refractivity contribution < 1.29 is 4.79 Å². The van der Waals surface area contributed by atoms with Gasteiger partial charge >= 0.3 is 0 Å². The highest BCUT2D eigenvalue weighted by Gasteiger charge is 2.14. The van der Waals surface area contributed by atoms with E-state index in [0.29, 0.717) is 11.7 Å². The van der Waals surface area contributed by atoms with Gasteiger partial charge in [0, 0.05) is 4.14 Å². The third-order valence-corrected chi connectivity index (χ3v) is 5.30. The Morgan fingerprint density at radius 3 is 2.71 bits per heavy atom. The van der Waals surface area contributed by atoms with E-state index in [0.717, 1.165) is 3.58 Å². The van der Waals surface area contributed by atoms with E-state index < -0.39 is 18.9 Å². The number of Topliss-reactive ketones (excluding diaryl/α,β-unsaturated/α-hetero) is 1. The maximum atomic E-state index is 11.3. The lowest BCUT2D eigenvalue weighted by molar-refractivity contribution is -0.112. The molecule has 1 N–H and O–H groups in total. The third kappa shape index (κ3) is 2.28. The van der Waals surface area contributed by atoms with Gasteiger partial charge in [0.25, 0.3) is 0 Å². The Labute approximate surface area is 89.2 Å². The first-order chi connectivity index (χ1) is 6.56. The Bertz CT molecular complexity index is 425. The van der Waals surface area contributed by atoms with Gasteiger partial charge in [0.1, 0.15) is 11.7 Å². The van der Waals surface area contributed by atoms with Crippen LogP contribution in [0.15, 0.2) is 19.4 Å². The van der Waals surface area contributed by atoms with Crippen molar-refractivity contribution in [2.45, 2.75) is 13.8 Å². The van der Waals surface area contributed by atoms with Crippen LogP contribution in [0.25, 0.3) is 0 Å². The molecular weight excluding hydrogens is 293 g/mol. The van der Waals surface area contributed by atoms with Gasteiger partial charge in [0.2, 0.25) is 0 Å². The van der Waals surface area contributed by atoms with Crippen molar-refractivity contribution >= 4 is 45.9 Å². The Kier molecular flexibility index (Phi) is 3.56. The van der Waals surface area contributed by atoms with Crippen LogP contribution in [0.2, 0.25) is 0 Å². The number of nitrogens with one attached hydrogen (secondary N) is 1. The number of ketones is 1. The van der Waals surface area contributed by atoms with E-state index in [2.05, 4.69) is 26.5 Å². The monoisotopic (exact) mass is 305 g/mol. The molecule has 1 heterocycles. The first-order valence-corrected chi connectivity index (χ1v) is 7.75. The average molecular weight is 305 g/mol. The number of carbonyl (C=O) groups excluding carboxylic acids is 1. The highest BCUT2D eigenvalue weighted by atomic mass is 127. The highest BCUT2D eigenvalue weighted by molar-refractivity contribution is 14.2. The SMILES string of the molecule is C=NC(C)=NC1=C(C(C)=O)I(=C)=CN1. The number of aliphatic imine (C=N–C) groups is 2. The third-order valence-electron chi connectivity index (χ3n) is 1.59. The summed E-state index contributed by atoms with van der Waals surface area (Å²) in [6.45, 7) is 6.64. The fourth-order valence-corrected chi connectivity index (χ4v) is 3.86. The molecule has 1 rings (SSSR count). The van der Waals surface area contributed by atoms with Crippen LogP contribution in [0.4, 0.5) is 0 Å². The molecule has 0 saturated heterocycles. The first kappa shape index (κ1) is 11.1. The summed E-state index contributed by atoms with van der Waals surface area (Å²) in [7, 11) is 0. The van der Waals surface area contributed by atoms with Crippen LogP contribution in [-0.4, -0.2) is 27.0 Å². The molecule has 0 spiro atoms. The molecule has 4 nitrogen and oxygen atoms in total. The largest absolute Gasteiger partial charge is 0.341 e. The van der Waals surface area contributed by atoms with Crippen LogP contribution in [-0.2, 0) is 4.79 Å². The minimum atomic E-state index is -1.64. The number of amidine groups is 1. The molecule has 0 unspecified atom stereocenters. The summed E-state index contributed by atoms with van der Waals surface area (Å²) in [5.74, 6) is 1.19. The van der Waals surface area contributed by atoms with Crippen molar-refractivity contribution in [3.8, 4) is 0 Å².